The van der Waals surface area contributed by atoms with E-state index < -0.39 is 0 Å². The highest BCUT2D eigenvalue weighted by atomic mass is 16.5. The minimum atomic E-state index is -0.363. The first-order valence-corrected chi connectivity index (χ1v) is 8.14. The van der Waals surface area contributed by atoms with E-state index in [0.29, 0.717) is 6.42 Å². The van der Waals surface area contributed by atoms with Crippen LogP contribution in [-0.2, 0) is 27.2 Å². The van der Waals surface area contributed by atoms with E-state index in [1.54, 1.807) is 0 Å². The van der Waals surface area contributed by atoms with E-state index in [2.05, 4.69) is 0 Å². The van der Waals surface area contributed by atoms with Crippen LogP contribution < -0.4 is 0 Å². The molecule has 0 atom stereocenters. The number of ketones is 1. The summed E-state index contributed by atoms with van der Waals surface area (Å²) in [5.74, 6) is -0.448. The first-order valence-electron chi connectivity index (χ1n) is 8.14. The van der Waals surface area contributed by atoms with E-state index in [1.807, 2.05) is 64.1 Å². The van der Waals surface area contributed by atoms with Crippen LogP contribution in [0, 0.1) is 27.7 Å². The van der Waals surface area contributed by atoms with Gasteiger partial charge in [0.2, 0.25) is 0 Å². The monoisotopic (exact) mass is 324 g/mol. The highest BCUT2D eigenvalue weighted by Gasteiger charge is 2.12. The van der Waals surface area contributed by atoms with Crippen LogP contribution in [0.25, 0.3) is 0 Å². The third-order valence-corrected chi connectivity index (χ3v) is 4.13. The van der Waals surface area contributed by atoms with Crippen LogP contribution in [0.3, 0.4) is 0 Å². The second kappa shape index (κ2) is 7.91. The summed E-state index contributed by atoms with van der Waals surface area (Å²) in [5, 5.41) is 0. The second-order valence-electron chi connectivity index (χ2n) is 6.41. The number of benzene rings is 2. The van der Waals surface area contributed by atoms with Gasteiger partial charge in [0.15, 0.2) is 5.78 Å². The smallest absolute Gasteiger partial charge is 0.310 e. The fourth-order valence-electron chi connectivity index (χ4n) is 2.61. The summed E-state index contributed by atoms with van der Waals surface area (Å²) in [6.07, 6.45) is 0.495. The lowest BCUT2D eigenvalue weighted by Gasteiger charge is -2.09. The summed E-state index contributed by atoms with van der Waals surface area (Å²) in [4.78, 5) is 24.1. The zero-order chi connectivity index (χ0) is 17.7. The van der Waals surface area contributed by atoms with Crippen molar-refractivity contribution in [3.8, 4) is 0 Å². The van der Waals surface area contributed by atoms with Gasteiger partial charge < -0.3 is 4.74 Å². The quantitative estimate of drug-likeness (QED) is 0.759. The van der Waals surface area contributed by atoms with Gasteiger partial charge in [0.05, 0.1) is 6.42 Å². The Morgan fingerprint density at radius 1 is 0.792 bits per heavy atom. The van der Waals surface area contributed by atoms with Crippen molar-refractivity contribution in [1.82, 2.24) is 0 Å². The van der Waals surface area contributed by atoms with Crippen LogP contribution in [0.1, 0.15) is 33.4 Å². The molecule has 0 fully saturated rings. The molecule has 0 aliphatic heterocycles. The van der Waals surface area contributed by atoms with E-state index in [-0.39, 0.29) is 24.8 Å². The molecule has 24 heavy (non-hydrogen) atoms. The molecule has 0 saturated heterocycles. The lowest BCUT2D eigenvalue weighted by molar-refractivity contribution is -0.147. The molecule has 0 aliphatic rings. The Kier molecular flexibility index (Phi) is 5.91. The van der Waals surface area contributed by atoms with Gasteiger partial charge in [0.25, 0.3) is 0 Å². The third kappa shape index (κ3) is 5.05. The average Bonchev–Trinajstić information content (AvgIpc) is 2.52. The Labute approximate surface area is 143 Å². The number of carbonyl (C=O) groups is 2. The predicted molar refractivity (Wildman–Crippen MR) is 95.2 cm³/mol. The van der Waals surface area contributed by atoms with Crippen molar-refractivity contribution in [3.05, 3.63) is 69.8 Å². The van der Waals surface area contributed by atoms with E-state index in [0.717, 1.165) is 33.4 Å². The molecule has 0 aromatic heterocycles. The number of hydrogen-bond donors (Lipinski definition) is 0. The average molecular weight is 324 g/mol. The summed E-state index contributed by atoms with van der Waals surface area (Å²) in [6, 6.07) is 12.0. The molecule has 0 saturated carbocycles. The van der Waals surface area contributed by atoms with Crippen LogP contribution in [0.4, 0.5) is 0 Å². The normalized spacial score (nSPS) is 10.5. The number of Topliss-reactive ketones (excluding diaryl/α,β-unsaturated/α-hetero) is 1. The van der Waals surface area contributed by atoms with Gasteiger partial charge in [-0.05, 0) is 49.9 Å². The largest absolute Gasteiger partial charge is 0.457 e. The van der Waals surface area contributed by atoms with Crippen molar-refractivity contribution in [3.63, 3.8) is 0 Å². The fourth-order valence-corrected chi connectivity index (χ4v) is 2.61. The molecule has 0 heterocycles. The van der Waals surface area contributed by atoms with E-state index in [1.165, 1.54) is 0 Å². The minimum absolute atomic E-state index is 0.0852. The van der Waals surface area contributed by atoms with Crippen molar-refractivity contribution >= 4 is 11.8 Å². The van der Waals surface area contributed by atoms with Crippen LogP contribution >= 0.6 is 0 Å². The number of aryl methyl sites for hydroxylation is 4. The highest BCUT2D eigenvalue weighted by molar-refractivity contribution is 5.85. The molecular weight excluding hydrogens is 300 g/mol. The maximum absolute atomic E-state index is 12.1. The molecule has 2 aromatic carbocycles. The summed E-state index contributed by atoms with van der Waals surface area (Å²) >= 11 is 0. The molecule has 3 nitrogen and oxygen atoms in total. The van der Waals surface area contributed by atoms with Crippen LogP contribution in [0.2, 0.25) is 0 Å². The third-order valence-electron chi connectivity index (χ3n) is 4.13. The van der Waals surface area contributed by atoms with Gasteiger partial charge in [-0.25, -0.2) is 0 Å². The first kappa shape index (κ1) is 17.9. The maximum atomic E-state index is 12.1. The highest BCUT2D eigenvalue weighted by Crippen LogP contribution is 2.13. The van der Waals surface area contributed by atoms with E-state index >= 15 is 0 Å². The zero-order valence-electron chi connectivity index (χ0n) is 14.8. The van der Waals surface area contributed by atoms with Gasteiger partial charge in [-0.3, -0.25) is 9.59 Å². The topological polar surface area (TPSA) is 43.4 Å². The number of rotatable bonds is 6. The maximum Gasteiger partial charge on any atom is 0.310 e. The number of hydrogen-bond acceptors (Lipinski definition) is 3. The first-order chi connectivity index (χ1) is 11.3. The summed E-state index contributed by atoms with van der Waals surface area (Å²) in [7, 11) is 0. The van der Waals surface area contributed by atoms with Crippen molar-refractivity contribution in [2.45, 2.75) is 40.5 Å². The van der Waals surface area contributed by atoms with Gasteiger partial charge in [-0.2, -0.15) is 0 Å². The molecule has 0 unspecified atom stereocenters. The summed E-state index contributed by atoms with van der Waals surface area (Å²) < 4.78 is 5.16. The van der Waals surface area contributed by atoms with Crippen molar-refractivity contribution in [2.24, 2.45) is 0 Å². The van der Waals surface area contributed by atoms with Crippen molar-refractivity contribution < 1.29 is 14.3 Å². The molecule has 0 N–H and O–H groups in total. The van der Waals surface area contributed by atoms with Gasteiger partial charge in [0, 0.05) is 6.42 Å². The number of ether oxygens (including phenoxy) is 1. The van der Waals surface area contributed by atoms with Crippen LogP contribution in [0.5, 0.6) is 0 Å². The Balaban J connectivity index is 1.88. The molecule has 0 spiro atoms. The Hall–Kier alpha value is -2.42. The van der Waals surface area contributed by atoms with Gasteiger partial charge in [0.1, 0.15) is 6.61 Å². The van der Waals surface area contributed by atoms with Gasteiger partial charge in [-0.15, -0.1) is 0 Å². The van der Waals surface area contributed by atoms with E-state index in [4.69, 9.17) is 4.74 Å². The molecule has 2 rings (SSSR count). The molecule has 0 radical (unpaired) electrons. The standard InChI is InChI=1S/C21H24O3/c1-14-5-7-16(3)18(9-14)11-20(22)13-24-21(23)12-19-10-15(2)6-8-17(19)4/h5-10H,11-13H2,1-4H3. The summed E-state index contributed by atoms with van der Waals surface area (Å²) in [5.41, 5.74) is 6.30. The fraction of sp³-hybridized carbons (Fsp3) is 0.333. The second-order valence-corrected chi connectivity index (χ2v) is 6.41. The number of esters is 1. The molecular formula is C21H24O3. The van der Waals surface area contributed by atoms with E-state index in [9.17, 15) is 9.59 Å². The minimum Gasteiger partial charge on any atom is -0.457 e. The van der Waals surface area contributed by atoms with Crippen molar-refractivity contribution in [1.29, 1.82) is 0 Å². The predicted octanol–water partition coefficient (Wildman–Crippen LogP) is 3.82. The van der Waals surface area contributed by atoms with Crippen molar-refractivity contribution in [2.75, 3.05) is 6.61 Å². The lowest BCUT2D eigenvalue weighted by atomic mass is 10.0. The molecule has 0 aliphatic carbocycles. The Bertz CT molecular complexity index is 694. The SMILES string of the molecule is Cc1ccc(C)c(CC(=O)COC(=O)Cc2cc(C)ccc2C)c1. The van der Waals surface area contributed by atoms with Crippen LogP contribution in [0.15, 0.2) is 36.4 Å². The summed E-state index contributed by atoms with van der Waals surface area (Å²) in [6.45, 7) is 7.76. The molecule has 126 valence electrons. The Morgan fingerprint density at radius 3 is 1.83 bits per heavy atom. The molecule has 0 amide bonds. The van der Waals surface area contributed by atoms with Gasteiger partial charge in [-0.1, -0.05) is 47.5 Å². The lowest BCUT2D eigenvalue weighted by Crippen LogP contribution is -2.17. The molecule has 2 aromatic rings. The number of carbonyl (C=O) groups excluding carboxylic acids is 2. The zero-order valence-corrected chi connectivity index (χ0v) is 14.8. The molecule has 3 heteroatoms. The van der Waals surface area contributed by atoms with Gasteiger partial charge >= 0.3 is 5.97 Å². The van der Waals surface area contributed by atoms with Crippen LogP contribution in [-0.4, -0.2) is 18.4 Å². The Morgan fingerprint density at radius 2 is 1.29 bits per heavy atom. The molecule has 0 bridgehead atoms.